The number of hydrogen-bond acceptors (Lipinski definition) is 4. The van der Waals surface area contributed by atoms with Gasteiger partial charge in [0.1, 0.15) is 0 Å². The molecule has 0 fully saturated rings. The highest BCUT2D eigenvalue weighted by molar-refractivity contribution is 6.07. The van der Waals surface area contributed by atoms with Crippen LogP contribution in [0.2, 0.25) is 0 Å². The minimum absolute atomic E-state index is 0.112. The molecule has 208 valence electrons. The minimum Gasteiger partial charge on any atom is -0.395 e. The van der Waals surface area contributed by atoms with Gasteiger partial charge in [0.25, 0.3) is 5.91 Å². The maximum atomic E-state index is 13.6. The molecule has 1 aliphatic heterocycles. The lowest BCUT2D eigenvalue weighted by Crippen LogP contribution is -2.44. The van der Waals surface area contributed by atoms with Gasteiger partial charge in [-0.15, -0.1) is 0 Å². The summed E-state index contributed by atoms with van der Waals surface area (Å²) >= 11 is 0. The molecule has 1 aliphatic rings. The van der Waals surface area contributed by atoms with E-state index in [9.17, 15) is 19.8 Å². The molecule has 2 amide bonds. The summed E-state index contributed by atoms with van der Waals surface area (Å²) in [6.45, 7) is 8.96. The normalized spacial score (nSPS) is 17.8. The first-order valence-corrected chi connectivity index (χ1v) is 13.7. The van der Waals surface area contributed by atoms with Crippen molar-refractivity contribution < 1.29 is 19.8 Å². The number of rotatable bonds is 13. The molecule has 2 atom stereocenters. The summed E-state index contributed by atoms with van der Waals surface area (Å²) < 4.78 is 0. The number of carbonyl (C=O) groups is 2. The predicted octanol–water partition coefficient (Wildman–Crippen LogP) is 5.52. The molecule has 2 aromatic rings. The highest BCUT2D eigenvalue weighted by atomic mass is 16.3. The second kappa shape index (κ2) is 14.1. The van der Waals surface area contributed by atoms with Gasteiger partial charge in [0, 0.05) is 37.5 Å². The van der Waals surface area contributed by atoms with E-state index in [1.807, 2.05) is 48.5 Å². The minimum atomic E-state index is -1.71. The van der Waals surface area contributed by atoms with Crippen molar-refractivity contribution in [1.29, 1.82) is 0 Å². The fourth-order valence-electron chi connectivity index (χ4n) is 4.88. The number of benzene rings is 2. The molecule has 2 aromatic carbocycles. The number of nitrogens with zero attached hydrogens (tertiary/aromatic N) is 2. The number of fused-ring (bicyclic) bond motifs is 1. The summed E-state index contributed by atoms with van der Waals surface area (Å²) in [5.74, 6) is -1.03. The van der Waals surface area contributed by atoms with Gasteiger partial charge in [-0.25, -0.2) is 0 Å². The Kier molecular flexibility index (Phi) is 10.8. The van der Waals surface area contributed by atoms with Crippen LogP contribution < -0.4 is 4.90 Å². The summed E-state index contributed by atoms with van der Waals surface area (Å²) in [7, 11) is 0. The zero-order chi connectivity index (χ0) is 28.4. The van der Waals surface area contributed by atoms with Crippen LogP contribution in [0.3, 0.4) is 0 Å². The van der Waals surface area contributed by atoms with Crippen molar-refractivity contribution in [3.05, 3.63) is 101 Å². The smallest absolute Gasteiger partial charge is 0.264 e. The lowest BCUT2D eigenvalue weighted by atomic mass is 9.83. The van der Waals surface area contributed by atoms with Gasteiger partial charge in [0.2, 0.25) is 5.91 Å². The fraction of sp³-hybridized carbons (Fsp3) is 0.394. The van der Waals surface area contributed by atoms with Crippen molar-refractivity contribution in [3.63, 3.8) is 0 Å². The Hall–Kier alpha value is -3.48. The monoisotopic (exact) mass is 530 g/mol. The van der Waals surface area contributed by atoms with Gasteiger partial charge in [0.05, 0.1) is 12.3 Å². The first-order chi connectivity index (χ1) is 18.7. The molecule has 0 aromatic heterocycles. The molecule has 0 spiro atoms. The van der Waals surface area contributed by atoms with E-state index in [0.29, 0.717) is 24.3 Å². The number of allylic oxidation sites excluding steroid dienone is 3. The Morgan fingerprint density at radius 3 is 2.44 bits per heavy atom. The van der Waals surface area contributed by atoms with E-state index in [0.717, 1.165) is 18.4 Å². The van der Waals surface area contributed by atoms with E-state index in [1.54, 1.807) is 34.9 Å². The summed E-state index contributed by atoms with van der Waals surface area (Å²) in [5, 5.41) is 21.2. The number of amides is 2. The van der Waals surface area contributed by atoms with Crippen molar-refractivity contribution in [2.24, 2.45) is 5.92 Å². The van der Waals surface area contributed by atoms with Gasteiger partial charge in [-0.3, -0.25) is 9.59 Å². The van der Waals surface area contributed by atoms with Crippen LogP contribution in [0.15, 0.2) is 90.0 Å². The Morgan fingerprint density at radius 1 is 1.05 bits per heavy atom. The molecule has 3 rings (SSSR count). The number of carbonyl (C=O) groups excluding carboxylic acids is 2. The Bertz CT molecular complexity index is 1210. The van der Waals surface area contributed by atoms with Crippen LogP contribution in [0.1, 0.15) is 58.1 Å². The zero-order valence-electron chi connectivity index (χ0n) is 23.6. The average molecular weight is 531 g/mol. The predicted molar refractivity (Wildman–Crippen MR) is 157 cm³/mol. The van der Waals surface area contributed by atoms with E-state index in [-0.39, 0.29) is 31.4 Å². The summed E-state index contributed by atoms with van der Waals surface area (Å²) in [5.41, 5.74) is 3.06. The van der Waals surface area contributed by atoms with Crippen LogP contribution in [-0.4, -0.2) is 46.6 Å². The fourth-order valence-corrected chi connectivity index (χ4v) is 4.88. The first kappa shape index (κ1) is 30.1. The van der Waals surface area contributed by atoms with Crippen LogP contribution in [0.25, 0.3) is 0 Å². The lowest BCUT2D eigenvalue weighted by Gasteiger charge is -2.27. The molecule has 0 bridgehead atoms. The van der Waals surface area contributed by atoms with Crippen LogP contribution in [-0.2, 0) is 21.7 Å². The second-order valence-electron chi connectivity index (χ2n) is 10.5. The Balaban J connectivity index is 1.71. The summed E-state index contributed by atoms with van der Waals surface area (Å²) in [6.07, 6.45) is 9.71. The molecule has 6 nitrogen and oxygen atoms in total. The molecule has 0 saturated heterocycles. The molecular weight excluding hydrogens is 488 g/mol. The van der Waals surface area contributed by atoms with Crippen molar-refractivity contribution in [3.8, 4) is 0 Å². The SMILES string of the molecule is CC(C)=CCC/C(C)=C/CN1C(=O)[C@](O)([C@H](C)/C=C/CC(=O)N(CCO)Cc2ccccc2)c2ccccc21. The zero-order valence-corrected chi connectivity index (χ0v) is 23.6. The van der Waals surface area contributed by atoms with Gasteiger partial charge in [0.15, 0.2) is 5.60 Å². The molecule has 0 unspecified atom stereocenters. The van der Waals surface area contributed by atoms with Crippen LogP contribution in [0, 0.1) is 5.92 Å². The second-order valence-corrected chi connectivity index (χ2v) is 10.5. The van der Waals surface area contributed by atoms with E-state index >= 15 is 0 Å². The highest BCUT2D eigenvalue weighted by Crippen LogP contribution is 2.45. The van der Waals surface area contributed by atoms with Crippen LogP contribution >= 0.6 is 0 Å². The van der Waals surface area contributed by atoms with Gasteiger partial charge in [-0.2, -0.15) is 0 Å². The van der Waals surface area contributed by atoms with Crippen LogP contribution in [0.5, 0.6) is 0 Å². The van der Waals surface area contributed by atoms with Crippen molar-refractivity contribution in [2.75, 3.05) is 24.6 Å². The summed E-state index contributed by atoms with van der Waals surface area (Å²) in [4.78, 5) is 29.8. The van der Waals surface area contributed by atoms with Gasteiger partial charge in [-0.1, -0.05) is 90.9 Å². The third-order valence-corrected chi connectivity index (χ3v) is 7.21. The Labute approximate surface area is 233 Å². The molecule has 0 saturated carbocycles. The van der Waals surface area contributed by atoms with E-state index < -0.39 is 11.5 Å². The molecule has 2 N–H and O–H groups in total. The van der Waals surface area contributed by atoms with Gasteiger partial charge < -0.3 is 20.0 Å². The van der Waals surface area contributed by atoms with Crippen molar-refractivity contribution in [2.45, 2.75) is 59.1 Å². The molecule has 6 heteroatoms. The molecule has 0 radical (unpaired) electrons. The number of hydrogen-bond donors (Lipinski definition) is 2. The van der Waals surface area contributed by atoms with E-state index in [4.69, 9.17) is 0 Å². The average Bonchev–Trinajstić information content (AvgIpc) is 3.14. The third-order valence-electron chi connectivity index (χ3n) is 7.21. The quantitative estimate of drug-likeness (QED) is 0.334. The highest BCUT2D eigenvalue weighted by Gasteiger charge is 2.52. The first-order valence-electron chi connectivity index (χ1n) is 13.7. The Morgan fingerprint density at radius 2 is 1.74 bits per heavy atom. The largest absolute Gasteiger partial charge is 0.395 e. The molecule has 39 heavy (non-hydrogen) atoms. The maximum Gasteiger partial charge on any atom is 0.264 e. The lowest BCUT2D eigenvalue weighted by molar-refractivity contribution is -0.139. The number of aliphatic hydroxyl groups is 2. The topological polar surface area (TPSA) is 81.1 Å². The van der Waals surface area contributed by atoms with E-state index in [1.165, 1.54) is 11.1 Å². The number of aliphatic hydroxyl groups excluding tert-OH is 1. The molecule has 0 aliphatic carbocycles. The summed E-state index contributed by atoms with van der Waals surface area (Å²) in [6, 6.07) is 17.0. The van der Waals surface area contributed by atoms with Gasteiger partial charge in [-0.05, 0) is 45.2 Å². The number of para-hydroxylation sites is 1. The molecule has 1 heterocycles. The van der Waals surface area contributed by atoms with Crippen molar-refractivity contribution >= 4 is 17.5 Å². The standard InChI is InChI=1S/C33H42N2O4/c1-25(2)12-10-13-26(3)20-21-35-30-18-9-8-17-29(30)33(39,32(35)38)27(4)14-11-19-31(37)34(22-23-36)24-28-15-6-5-7-16-28/h5-9,11-12,14-18,20,27,36,39H,10,13,19,21-24H2,1-4H3/b14-11+,26-20+/t27-,33+/m1/s1. The maximum absolute atomic E-state index is 13.6. The molecular formula is C33H42N2O4. The third kappa shape index (κ3) is 7.55. The van der Waals surface area contributed by atoms with E-state index in [2.05, 4.69) is 32.9 Å². The van der Waals surface area contributed by atoms with Gasteiger partial charge >= 0.3 is 0 Å². The van der Waals surface area contributed by atoms with Crippen LogP contribution in [0.4, 0.5) is 5.69 Å². The van der Waals surface area contributed by atoms with Crippen molar-refractivity contribution in [1.82, 2.24) is 4.90 Å². The number of anilines is 1.